The summed E-state index contributed by atoms with van der Waals surface area (Å²) in [6, 6.07) is 5.45. The molecule has 0 saturated heterocycles. The number of rotatable bonds is 6. The number of benzene rings is 1. The minimum absolute atomic E-state index is 0.00906. The number of carbonyl (C=O) groups is 2. The summed E-state index contributed by atoms with van der Waals surface area (Å²) in [5, 5.41) is 16.2. The van der Waals surface area contributed by atoms with Crippen LogP contribution in [0.4, 0.5) is 5.69 Å². The molecule has 0 radical (unpaired) electrons. The number of nitro benzene ring substituents is 1. The van der Waals surface area contributed by atoms with E-state index >= 15 is 0 Å². The van der Waals surface area contributed by atoms with E-state index in [0.29, 0.717) is 4.90 Å². The number of carbonyl (C=O) groups excluding carboxylic acids is 2. The Bertz CT molecular complexity index is 599. The van der Waals surface area contributed by atoms with E-state index in [-0.39, 0.29) is 23.3 Å². The standard InChI is InChI=1S/C15H21N3O4S/c1-10(19)16-13(14(20)17-15(2,3)4)9-23-12-7-5-6-11(8-12)18(21)22/h5-8,13H,9H2,1-4H3,(H,16,19)(H,17,20). The van der Waals surface area contributed by atoms with Gasteiger partial charge in [0.2, 0.25) is 11.8 Å². The third-order valence-electron chi connectivity index (χ3n) is 2.64. The molecule has 7 nitrogen and oxygen atoms in total. The van der Waals surface area contributed by atoms with Crippen LogP contribution in [0, 0.1) is 10.1 Å². The predicted molar refractivity (Wildman–Crippen MR) is 89.3 cm³/mol. The number of nitrogens with one attached hydrogen (secondary N) is 2. The van der Waals surface area contributed by atoms with Gasteiger partial charge >= 0.3 is 0 Å². The van der Waals surface area contributed by atoms with E-state index in [1.165, 1.54) is 30.8 Å². The van der Waals surface area contributed by atoms with Crippen LogP contribution in [0.25, 0.3) is 0 Å². The first-order valence-electron chi connectivity index (χ1n) is 7.05. The lowest BCUT2D eigenvalue weighted by Gasteiger charge is -2.25. The van der Waals surface area contributed by atoms with Gasteiger partial charge in [-0.1, -0.05) is 6.07 Å². The van der Waals surface area contributed by atoms with Crippen molar-refractivity contribution in [1.29, 1.82) is 0 Å². The number of thioether (sulfide) groups is 1. The van der Waals surface area contributed by atoms with E-state index in [1.807, 2.05) is 20.8 Å². The van der Waals surface area contributed by atoms with Crippen LogP contribution >= 0.6 is 11.8 Å². The molecule has 0 aromatic heterocycles. The zero-order valence-corrected chi connectivity index (χ0v) is 14.4. The SMILES string of the molecule is CC(=O)NC(CSc1cccc([N+](=O)[O-])c1)C(=O)NC(C)(C)C. The molecule has 0 bridgehead atoms. The van der Waals surface area contributed by atoms with Crippen LogP contribution in [0.3, 0.4) is 0 Å². The van der Waals surface area contributed by atoms with Gasteiger partial charge in [0.1, 0.15) is 6.04 Å². The number of hydrogen-bond donors (Lipinski definition) is 2. The summed E-state index contributed by atoms with van der Waals surface area (Å²) < 4.78 is 0. The summed E-state index contributed by atoms with van der Waals surface area (Å²) in [5.41, 5.74) is -0.422. The topological polar surface area (TPSA) is 101 Å². The highest BCUT2D eigenvalue weighted by molar-refractivity contribution is 7.99. The Kier molecular flexibility index (Phi) is 6.56. The highest BCUT2D eigenvalue weighted by Gasteiger charge is 2.24. The van der Waals surface area contributed by atoms with Gasteiger partial charge in [0.25, 0.3) is 5.69 Å². The maximum absolute atomic E-state index is 12.2. The number of nitro groups is 1. The third kappa shape index (κ3) is 7.14. The number of non-ortho nitro benzene ring substituents is 1. The third-order valence-corrected chi connectivity index (χ3v) is 3.72. The van der Waals surface area contributed by atoms with E-state index in [2.05, 4.69) is 10.6 Å². The highest BCUT2D eigenvalue weighted by atomic mass is 32.2. The van der Waals surface area contributed by atoms with Crippen LogP contribution in [-0.4, -0.2) is 34.1 Å². The average Bonchev–Trinajstić information content (AvgIpc) is 2.41. The van der Waals surface area contributed by atoms with Gasteiger partial charge in [-0.3, -0.25) is 19.7 Å². The summed E-state index contributed by atoms with van der Waals surface area (Å²) in [6.45, 7) is 6.89. The fraction of sp³-hybridized carbons (Fsp3) is 0.467. The summed E-state index contributed by atoms with van der Waals surface area (Å²) in [6.07, 6.45) is 0. The molecule has 1 aromatic rings. The van der Waals surface area contributed by atoms with Crippen molar-refractivity contribution in [1.82, 2.24) is 10.6 Å². The van der Waals surface area contributed by atoms with Crippen molar-refractivity contribution in [3.63, 3.8) is 0 Å². The molecule has 0 aliphatic rings. The maximum Gasteiger partial charge on any atom is 0.270 e. The lowest BCUT2D eigenvalue weighted by molar-refractivity contribution is -0.385. The van der Waals surface area contributed by atoms with Crippen LogP contribution in [0.15, 0.2) is 29.2 Å². The Morgan fingerprint density at radius 1 is 1.35 bits per heavy atom. The molecule has 126 valence electrons. The second-order valence-corrected chi connectivity index (χ2v) is 7.15. The first-order chi connectivity index (χ1) is 10.6. The zero-order valence-electron chi connectivity index (χ0n) is 13.6. The van der Waals surface area contributed by atoms with E-state index < -0.39 is 16.5 Å². The molecule has 1 unspecified atom stereocenters. The minimum atomic E-state index is -0.712. The van der Waals surface area contributed by atoms with Gasteiger partial charge in [-0.2, -0.15) is 0 Å². The molecule has 1 atom stereocenters. The van der Waals surface area contributed by atoms with Gasteiger partial charge in [0, 0.05) is 35.2 Å². The average molecular weight is 339 g/mol. The van der Waals surface area contributed by atoms with E-state index in [4.69, 9.17) is 0 Å². The number of amides is 2. The van der Waals surface area contributed by atoms with Crippen LogP contribution in [0.2, 0.25) is 0 Å². The molecule has 1 rings (SSSR count). The van der Waals surface area contributed by atoms with Gasteiger partial charge in [-0.05, 0) is 26.8 Å². The molecule has 2 N–H and O–H groups in total. The van der Waals surface area contributed by atoms with Crippen LogP contribution < -0.4 is 10.6 Å². The van der Waals surface area contributed by atoms with Gasteiger partial charge < -0.3 is 10.6 Å². The zero-order chi connectivity index (χ0) is 17.6. The second kappa shape index (κ2) is 7.96. The van der Waals surface area contributed by atoms with Crippen LogP contribution in [0.1, 0.15) is 27.7 Å². The van der Waals surface area contributed by atoms with Crippen molar-refractivity contribution >= 4 is 29.3 Å². The maximum atomic E-state index is 12.2. The predicted octanol–water partition coefficient (Wildman–Crippen LogP) is 2.11. The van der Waals surface area contributed by atoms with E-state index in [1.54, 1.807) is 12.1 Å². The molecule has 23 heavy (non-hydrogen) atoms. The van der Waals surface area contributed by atoms with Crippen molar-refractivity contribution < 1.29 is 14.5 Å². The Morgan fingerprint density at radius 2 is 2.00 bits per heavy atom. The first-order valence-corrected chi connectivity index (χ1v) is 8.03. The first kappa shape index (κ1) is 19.0. The molecule has 1 aromatic carbocycles. The Labute approximate surface area is 139 Å². The molecule has 0 fully saturated rings. The molecular formula is C15H21N3O4S. The number of nitrogens with zero attached hydrogens (tertiary/aromatic N) is 1. The quantitative estimate of drug-likeness (QED) is 0.469. The van der Waals surface area contributed by atoms with Crippen molar-refractivity contribution in [3.8, 4) is 0 Å². The molecule has 0 saturated carbocycles. The number of hydrogen-bond acceptors (Lipinski definition) is 5. The minimum Gasteiger partial charge on any atom is -0.350 e. The summed E-state index contributed by atoms with van der Waals surface area (Å²) >= 11 is 1.28. The van der Waals surface area contributed by atoms with Crippen molar-refractivity contribution in [2.45, 2.75) is 44.2 Å². The Hall–Kier alpha value is -2.09. The highest BCUT2D eigenvalue weighted by Crippen LogP contribution is 2.23. The smallest absolute Gasteiger partial charge is 0.270 e. The summed E-state index contributed by atoms with van der Waals surface area (Å²) in [4.78, 5) is 34.5. The van der Waals surface area contributed by atoms with Gasteiger partial charge in [-0.25, -0.2) is 0 Å². The Morgan fingerprint density at radius 3 is 2.52 bits per heavy atom. The summed E-state index contributed by atoms with van der Waals surface area (Å²) in [7, 11) is 0. The molecule has 8 heteroatoms. The van der Waals surface area contributed by atoms with Crippen molar-refractivity contribution in [3.05, 3.63) is 34.4 Å². The second-order valence-electron chi connectivity index (χ2n) is 6.06. The van der Waals surface area contributed by atoms with E-state index in [0.717, 1.165) is 0 Å². The normalized spacial score (nSPS) is 12.3. The van der Waals surface area contributed by atoms with Crippen molar-refractivity contribution in [2.24, 2.45) is 0 Å². The Balaban J connectivity index is 2.78. The van der Waals surface area contributed by atoms with Crippen molar-refractivity contribution in [2.75, 3.05) is 5.75 Å². The van der Waals surface area contributed by atoms with E-state index in [9.17, 15) is 19.7 Å². The molecular weight excluding hydrogens is 318 g/mol. The molecule has 0 aliphatic carbocycles. The fourth-order valence-electron chi connectivity index (χ4n) is 1.75. The van der Waals surface area contributed by atoms with Crippen LogP contribution in [0.5, 0.6) is 0 Å². The molecule has 0 heterocycles. The molecule has 0 spiro atoms. The van der Waals surface area contributed by atoms with Crippen LogP contribution in [-0.2, 0) is 9.59 Å². The van der Waals surface area contributed by atoms with Gasteiger partial charge in [-0.15, -0.1) is 11.8 Å². The molecule has 2 amide bonds. The lowest BCUT2D eigenvalue weighted by atomic mass is 10.1. The summed E-state index contributed by atoms with van der Waals surface area (Å²) in [5.74, 6) is -0.313. The molecule has 0 aliphatic heterocycles. The monoisotopic (exact) mass is 339 g/mol. The largest absolute Gasteiger partial charge is 0.350 e. The van der Waals surface area contributed by atoms with Gasteiger partial charge in [0.15, 0.2) is 0 Å². The van der Waals surface area contributed by atoms with Gasteiger partial charge in [0.05, 0.1) is 4.92 Å². The fourth-order valence-corrected chi connectivity index (χ4v) is 2.72. The lowest BCUT2D eigenvalue weighted by Crippen LogP contribution is -2.52.